The fourth-order valence-corrected chi connectivity index (χ4v) is 0.318. The first-order chi connectivity index (χ1) is 3.81. The minimum absolute atomic E-state index is 0. The smallest absolute Gasteiger partial charge is 0.305 e. The summed E-state index contributed by atoms with van der Waals surface area (Å²) in [6.07, 6.45) is 1.39. The largest absolute Gasteiger partial charge is 0.466 e. The van der Waals surface area contributed by atoms with Gasteiger partial charge in [-0.3, -0.25) is 4.79 Å². The molecule has 0 aromatic rings. The molecule has 0 N–H and O–H groups in total. The van der Waals surface area contributed by atoms with Crippen molar-refractivity contribution in [3.63, 3.8) is 0 Å². The summed E-state index contributed by atoms with van der Waals surface area (Å²) < 4.78 is 4.70. The molecule has 0 aromatic heterocycles. The van der Waals surface area contributed by atoms with Gasteiger partial charge in [0.05, 0.1) is 6.61 Å². The summed E-state index contributed by atoms with van der Waals surface area (Å²) in [5.74, 6) is -0.105. The van der Waals surface area contributed by atoms with E-state index in [1.165, 1.54) is 0 Å². The summed E-state index contributed by atoms with van der Waals surface area (Å²) in [5.41, 5.74) is 0. The molecule has 2 nitrogen and oxygen atoms in total. The average molecular weight is 207 g/mol. The van der Waals surface area contributed by atoms with Gasteiger partial charge in [-0.2, -0.15) is 0 Å². The number of carbonyl (C=O) groups excluding carboxylic acids is 1. The van der Waals surface area contributed by atoms with Crippen LogP contribution in [0.25, 0.3) is 0 Å². The molecule has 0 saturated carbocycles. The van der Waals surface area contributed by atoms with E-state index < -0.39 is 0 Å². The van der Waals surface area contributed by atoms with Crippen molar-refractivity contribution in [3.05, 3.63) is 0 Å². The second-order valence-corrected chi connectivity index (χ2v) is 1.57. The first-order valence-corrected chi connectivity index (χ1v) is 2.96. The molecule has 0 bridgehead atoms. The van der Waals surface area contributed by atoms with Gasteiger partial charge >= 0.3 is 5.97 Å². The SMILES string of the molecule is CCCOC(=O)CC.[Zr]. The topological polar surface area (TPSA) is 26.3 Å². The standard InChI is InChI=1S/C6H12O2.Zr/c1-3-5-8-6(7)4-2;/h3-5H2,1-2H3;. The van der Waals surface area contributed by atoms with Crippen molar-refractivity contribution in [2.75, 3.05) is 6.61 Å². The molecule has 0 unspecified atom stereocenters. The molecule has 3 heteroatoms. The number of ether oxygens (including phenoxy) is 1. The van der Waals surface area contributed by atoms with E-state index in [0.29, 0.717) is 13.0 Å². The minimum Gasteiger partial charge on any atom is -0.466 e. The maximum Gasteiger partial charge on any atom is 0.305 e. The Morgan fingerprint density at radius 3 is 2.33 bits per heavy atom. The Morgan fingerprint density at radius 2 is 2.00 bits per heavy atom. The summed E-state index contributed by atoms with van der Waals surface area (Å²) in [6, 6.07) is 0. The van der Waals surface area contributed by atoms with E-state index in [2.05, 4.69) is 0 Å². The number of esters is 1. The molecular weight excluding hydrogens is 195 g/mol. The second kappa shape index (κ2) is 8.35. The molecule has 0 heterocycles. The molecule has 0 radical (unpaired) electrons. The van der Waals surface area contributed by atoms with E-state index in [1.54, 1.807) is 6.92 Å². The predicted octanol–water partition coefficient (Wildman–Crippen LogP) is 1.35. The fourth-order valence-electron chi connectivity index (χ4n) is 0.318. The normalized spacial score (nSPS) is 7.78. The van der Waals surface area contributed by atoms with Gasteiger partial charge in [-0.15, -0.1) is 0 Å². The van der Waals surface area contributed by atoms with Gasteiger partial charge < -0.3 is 4.74 Å². The molecule has 0 fully saturated rings. The van der Waals surface area contributed by atoms with Crippen molar-refractivity contribution in [1.29, 1.82) is 0 Å². The molecule has 0 aliphatic rings. The molecule has 0 aliphatic heterocycles. The van der Waals surface area contributed by atoms with Crippen molar-refractivity contribution in [1.82, 2.24) is 0 Å². The van der Waals surface area contributed by atoms with Crippen LogP contribution in [0.4, 0.5) is 0 Å². The first-order valence-electron chi connectivity index (χ1n) is 2.96. The van der Waals surface area contributed by atoms with Crippen LogP contribution < -0.4 is 0 Å². The maximum atomic E-state index is 10.3. The molecule has 9 heavy (non-hydrogen) atoms. The van der Waals surface area contributed by atoms with Gasteiger partial charge in [0.25, 0.3) is 0 Å². The summed E-state index contributed by atoms with van der Waals surface area (Å²) in [4.78, 5) is 10.3. The van der Waals surface area contributed by atoms with E-state index in [1.807, 2.05) is 6.92 Å². The number of rotatable bonds is 3. The van der Waals surface area contributed by atoms with E-state index >= 15 is 0 Å². The van der Waals surface area contributed by atoms with Gasteiger partial charge in [0.2, 0.25) is 0 Å². The molecule has 0 aliphatic carbocycles. The maximum absolute atomic E-state index is 10.3. The first kappa shape index (κ1) is 12.1. The zero-order valence-electron chi connectivity index (χ0n) is 5.94. The van der Waals surface area contributed by atoms with Crippen molar-refractivity contribution in [2.24, 2.45) is 0 Å². The van der Waals surface area contributed by atoms with Crippen LogP contribution in [-0.4, -0.2) is 12.6 Å². The zero-order valence-corrected chi connectivity index (χ0v) is 8.40. The Bertz CT molecular complexity index is 73.5. The molecule has 0 amide bonds. The Balaban J connectivity index is 0. The Morgan fingerprint density at radius 1 is 1.44 bits per heavy atom. The second-order valence-electron chi connectivity index (χ2n) is 1.57. The Labute approximate surface area is 75.1 Å². The summed E-state index contributed by atoms with van der Waals surface area (Å²) >= 11 is 0. The molecular formula is C6H12O2Zr. The Kier molecular flexibility index (Phi) is 11.2. The van der Waals surface area contributed by atoms with Crippen LogP contribution in [0.5, 0.6) is 0 Å². The quantitative estimate of drug-likeness (QED) is 0.653. The fraction of sp³-hybridized carbons (Fsp3) is 0.833. The van der Waals surface area contributed by atoms with Gasteiger partial charge in [-0.25, -0.2) is 0 Å². The number of carbonyl (C=O) groups is 1. The van der Waals surface area contributed by atoms with E-state index in [9.17, 15) is 4.79 Å². The van der Waals surface area contributed by atoms with E-state index in [0.717, 1.165) is 6.42 Å². The molecule has 0 saturated heterocycles. The number of hydrogen-bond donors (Lipinski definition) is 0. The zero-order chi connectivity index (χ0) is 6.41. The van der Waals surface area contributed by atoms with Gasteiger partial charge in [0.15, 0.2) is 0 Å². The third kappa shape index (κ3) is 8.35. The van der Waals surface area contributed by atoms with Gasteiger partial charge in [0.1, 0.15) is 0 Å². The van der Waals surface area contributed by atoms with Gasteiger partial charge in [-0.1, -0.05) is 13.8 Å². The van der Waals surface area contributed by atoms with Crippen LogP contribution in [0, 0.1) is 0 Å². The third-order valence-electron chi connectivity index (χ3n) is 0.756. The molecule has 0 aromatic carbocycles. The summed E-state index contributed by atoms with van der Waals surface area (Å²) in [5, 5.41) is 0. The van der Waals surface area contributed by atoms with Crippen molar-refractivity contribution in [3.8, 4) is 0 Å². The van der Waals surface area contributed by atoms with Gasteiger partial charge in [-0.05, 0) is 6.42 Å². The number of hydrogen-bond acceptors (Lipinski definition) is 2. The molecule has 0 atom stereocenters. The van der Waals surface area contributed by atoms with Gasteiger partial charge in [0, 0.05) is 32.6 Å². The van der Waals surface area contributed by atoms with Crippen LogP contribution in [-0.2, 0) is 35.7 Å². The van der Waals surface area contributed by atoms with Crippen LogP contribution >= 0.6 is 0 Å². The molecule has 0 rings (SSSR count). The van der Waals surface area contributed by atoms with Crippen LogP contribution in [0.2, 0.25) is 0 Å². The third-order valence-corrected chi connectivity index (χ3v) is 0.756. The summed E-state index contributed by atoms with van der Waals surface area (Å²) in [7, 11) is 0. The van der Waals surface area contributed by atoms with Crippen molar-refractivity contribution >= 4 is 5.97 Å². The van der Waals surface area contributed by atoms with Crippen molar-refractivity contribution < 1.29 is 35.7 Å². The molecule has 0 spiro atoms. The predicted molar refractivity (Wildman–Crippen MR) is 31.5 cm³/mol. The minimum atomic E-state index is -0.105. The van der Waals surface area contributed by atoms with Crippen LogP contribution in [0.15, 0.2) is 0 Å². The van der Waals surface area contributed by atoms with E-state index in [4.69, 9.17) is 4.74 Å². The molecule has 52 valence electrons. The van der Waals surface area contributed by atoms with Crippen molar-refractivity contribution in [2.45, 2.75) is 26.7 Å². The summed E-state index contributed by atoms with van der Waals surface area (Å²) in [6.45, 7) is 4.33. The van der Waals surface area contributed by atoms with Crippen LogP contribution in [0.3, 0.4) is 0 Å². The van der Waals surface area contributed by atoms with Crippen LogP contribution in [0.1, 0.15) is 26.7 Å². The van der Waals surface area contributed by atoms with E-state index in [-0.39, 0.29) is 32.2 Å². The Hall–Kier alpha value is 0.353. The monoisotopic (exact) mass is 206 g/mol. The average Bonchev–Trinajstić information content (AvgIpc) is 1.83.